The van der Waals surface area contributed by atoms with Gasteiger partial charge in [0.05, 0.1) is 11.2 Å². The van der Waals surface area contributed by atoms with Gasteiger partial charge in [-0.15, -0.1) is 12.6 Å². The first-order valence-electron chi connectivity index (χ1n) is 5.07. The van der Waals surface area contributed by atoms with Gasteiger partial charge >= 0.3 is 0 Å². The molecule has 0 radical (unpaired) electrons. The smallest absolute Gasteiger partial charge is 0.0927 e. The van der Waals surface area contributed by atoms with Crippen LogP contribution in [0.5, 0.6) is 0 Å². The molecule has 78 valence electrons. The lowest BCUT2D eigenvalue weighted by Gasteiger charge is -2.03. The molecular formula is C13H10N2S. The third-order valence-electron chi connectivity index (χ3n) is 2.54. The maximum absolute atomic E-state index is 4.51. The molecule has 16 heavy (non-hydrogen) atoms. The van der Waals surface area contributed by atoms with Gasteiger partial charge in [0.2, 0.25) is 0 Å². The quantitative estimate of drug-likeness (QED) is 0.630. The van der Waals surface area contributed by atoms with Crippen LogP contribution in [-0.4, -0.2) is 9.78 Å². The number of hydrogen-bond acceptors (Lipinski definition) is 2. The van der Waals surface area contributed by atoms with Crippen LogP contribution in [0.1, 0.15) is 0 Å². The van der Waals surface area contributed by atoms with E-state index >= 15 is 0 Å². The van der Waals surface area contributed by atoms with Crippen LogP contribution >= 0.6 is 12.6 Å². The zero-order valence-corrected chi connectivity index (χ0v) is 9.43. The molecule has 0 saturated heterocycles. The van der Waals surface area contributed by atoms with Crippen molar-refractivity contribution < 1.29 is 0 Å². The molecule has 0 fully saturated rings. The monoisotopic (exact) mass is 226 g/mol. The highest BCUT2D eigenvalue weighted by Crippen LogP contribution is 2.20. The van der Waals surface area contributed by atoms with E-state index in [1.54, 1.807) is 0 Å². The Balaban J connectivity index is 2.23. The van der Waals surface area contributed by atoms with Crippen molar-refractivity contribution in [2.24, 2.45) is 0 Å². The molecule has 0 unspecified atom stereocenters. The molecule has 0 aliphatic rings. The molecule has 0 bridgehead atoms. The molecule has 0 amide bonds. The molecule has 1 heterocycles. The minimum Gasteiger partial charge on any atom is -0.239 e. The highest BCUT2D eigenvalue weighted by Gasteiger charge is 2.03. The summed E-state index contributed by atoms with van der Waals surface area (Å²) in [6, 6.07) is 16.0. The first kappa shape index (κ1) is 9.48. The number of rotatable bonds is 1. The van der Waals surface area contributed by atoms with Crippen LogP contribution in [0.2, 0.25) is 0 Å². The fraction of sp³-hybridized carbons (Fsp3) is 0. The van der Waals surface area contributed by atoms with Gasteiger partial charge in [0.25, 0.3) is 0 Å². The van der Waals surface area contributed by atoms with E-state index in [2.05, 4.69) is 23.8 Å². The van der Waals surface area contributed by atoms with Crippen LogP contribution in [0.4, 0.5) is 0 Å². The van der Waals surface area contributed by atoms with Crippen LogP contribution in [0, 0.1) is 0 Å². The molecule has 2 nitrogen and oxygen atoms in total. The van der Waals surface area contributed by atoms with E-state index in [1.807, 2.05) is 53.3 Å². The van der Waals surface area contributed by atoms with Crippen molar-refractivity contribution in [2.75, 3.05) is 0 Å². The summed E-state index contributed by atoms with van der Waals surface area (Å²) in [5, 5.41) is 5.65. The molecule has 0 N–H and O–H groups in total. The van der Waals surface area contributed by atoms with Gasteiger partial charge in [-0.3, -0.25) is 0 Å². The summed E-state index contributed by atoms with van der Waals surface area (Å²) in [7, 11) is 0. The highest BCUT2D eigenvalue weighted by atomic mass is 32.1. The van der Waals surface area contributed by atoms with E-state index in [0.29, 0.717) is 0 Å². The van der Waals surface area contributed by atoms with Gasteiger partial charge < -0.3 is 0 Å². The fourth-order valence-electron chi connectivity index (χ4n) is 1.75. The van der Waals surface area contributed by atoms with Crippen molar-refractivity contribution in [2.45, 2.75) is 4.90 Å². The number of fused-ring (bicyclic) bond motifs is 1. The number of thiol groups is 1. The van der Waals surface area contributed by atoms with Gasteiger partial charge in [0.15, 0.2) is 0 Å². The topological polar surface area (TPSA) is 17.8 Å². The van der Waals surface area contributed by atoms with Crippen LogP contribution < -0.4 is 0 Å². The van der Waals surface area contributed by atoms with E-state index in [-0.39, 0.29) is 0 Å². The molecular weight excluding hydrogens is 216 g/mol. The second-order valence-electron chi connectivity index (χ2n) is 3.62. The maximum Gasteiger partial charge on any atom is 0.0927 e. The Bertz CT molecular complexity index is 610. The Morgan fingerprint density at radius 3 is 2.50 bits per heavy atom. The fourth-order valence-corrected chi connectivity index (χ4v) is 2.01. The number of aromatic nitrogens is 2. The van der Waals surface area contributed by atoms with Gasteiger partial charge in [0, 0.05) is 16.5 Å². The molecule has 1 aromatic heterocycles. The van der Waals surface area contributed by atoms with E-state index in [0.717, 1.165) is 21.5 Å². The minimum atomic E-state index is 0.926. The summed E-state index contributed by atoms with van der Waals surface area (Å²) < 4.78 is 1.87. The Labute approximate surface area is 98.9 Å². The van der Waals surface area contributed by atoms with Gasteiger partial charge in [-0.2, -0.15) is 5.10 Å². The van der Waals surface area contributed by atoms with Crippen molar-refractivity contribution >= 4 is 23.5 Å². The Kier molecular flexibility index (Phi) is 2.18. The first-order chi connectivity index (χ1) is 7.84. The largest absolute Gasteiger partial charge is 0.239 e. The Morgan fingerprint density at radius 1 is 0.938 bits per heavy atom. The zero-order valence-electron chi connectivity index (χ0n) is 8.54. The van der Waals surface area contributed by atoms with Gasteiger partial charge in [-0.25, -0.2) is 4.68 Å². The van der Waals surface area contributed by atoms with Crippen molar-refractivity contribution in [3.05, 3.63) is 54.7 Å². The third kappa shape index (κ3) is 1.49. The number of para-hydroxylation sites is 1. The second kappa shape index (κ2) is 3.68. The van der Waals surface area contributed by atoms with E-state index < -0.39 is 0 Å². The van der Waals surface area contributed by atoms with Crippen molar-refractivity contribution in [3.63, 3.8) is 0 Å². The van der Waals surface area contributed by atoms with Crippen LogP contribution in [0.25, 0.3) is 16.6 Å². The summed E-state index contributed by atoms with van der Waals surface area (Å²) in [5.41, 5.74) is 2.00. The SMILES string of the molecule is Sc1ccccc1-n1cc2ccccc2n1. The molecule has 3 aromatic rings. The summed E-state index contributed by atoms with van der Waals surface area (Å²) in [4.78, 5) is 0.926. The highest BCUT2D eigenvalue weighted by molar-refractivity contribution is 7.80. The molecule has 3 heteroatoms. The Morgan fingerprint density at radius 2 is 1.69 bits per heavy atom. The van der Waals surface area contributed by atoms with Crippen molar-refractivity contribution in [1.29, 1.82) is 0 Å². The standard InChI is InChI=1S/C13H10N2S/c16-13-8-4-3-7-12(13)15-9-10-5-1-2-6-11(10)14-15/h1-9,16H. The molecule has 0 spiro atoms. The Hall–Kier alpha value is -1.74. The van der Waals surface area contributed by atoms with Gasteiger partial charge in [0.1, 0.15) is 0 Å². The van der Waals surface area contributed by atoms with Gasteiger partial charge in [-0.05, 0) is 18.2 Å². The average molecular weight is 226 g/mol. The lowest BCUT2D eigenvalue weighted by molar-refractivity contribution is 0.877. The second-order valence-corrected chi connectivity index (χ2v) is 4.10. The van der Waals surface area contributed by atoms with Crippen molar-refractivity contribution in [3.8, 4) is 5.69 Å². The lowest BCUT2D eigenvalue weighted by atomic mass is 10.3. The molecule has 3 rings (SSSR count). The summed E-state index contributed by atoms with van der Waals surface area (Å²) >= 11 is 4.43. The molecule has 0 aliphatic carbocycles. The lowest BCUT2D eigenvalue weighted by Crippen LogP contribution is -1.94. The predicted molar refractivity (Wildman–Crippen MR) is 68.3 cm³/mol. The molecule has 0 saturated carbocycles. The van der Waals surface area contributed by atoms with Crippen molar-refractivity contribution in [1.82, 2.24) is 9.78 Å². The third-order valence-corrected chi connectivity index (χ3v) is 2.92. The maximum atomic E-state index is 4.51. The van der Waals surface area contributed by atoms with E-state index in [4.69, 9.17) is 0 Å². The number of nitrogens with zero attached hydrogens (tertiary/aromatic N) is 2. The molecule has 0 aliphatic heterocycles. The van der Waals surface area contributed by atoms with Crippen LogP contribution in [0.3, 0.4) is 0 Å². The van der Waals surface area contributed by atoms with Gasteiger partial charge in [-0.1, -0.05) is 30.3 Å². The first-order valence-corrected chi connectivity index (χ1v) is 5.52. The number of hydrogen-bond donors (Lipinski definition) is 1. The normalized spacial score (nSPS) is 10.8. The van der Waals surface area contributed by atoms with E-state index in [9.17, 15) is 0 Å². The zero-order chi connectivity index (χ0) is 11.0. The predicted octanol–water partition coefficient (Wildman–Crippen LogP) is 3.31. The average Bonchev–Trinajstić information content (AvgIpc) is 2.73. The van der Waals surface area contributed by atoms with Crippen LogP contribution in [-0.2, 0) is 0 Å². The number of benzene rings is 2. The summed E-state index contributed by atoms with van der Waals surface area (Å²) in [5.74, 6) is 0. The molecule has 2 aromatic carbocycles. The minimum absolute atomic E-state index is 0.926. The van der Waals surface area contributed by atoms with E-state index in [1.165, 1.54) is 0 Å². The van der Waals surface area contributed by atoms with Crippen LogP contribution in [0.15, 0.2) is 59.6 Å². The summed E-state index contributed by atoms with van der Waals surface area (Å²) in [6.07, 6.45) is 2.02. The molecule has 0 atom stereocenters. The summed E-state index contributed by atoms with van der Waals surface area (Å²) in [6.45, 7) is 0.